The number of hydrogen-bond donors (Lipinski definition) is 0. The normalized spacial score (nSPS) is 23.0. The van der Waals surface area contributed by atoms with Crippen LogP contribution < -0.4 is 0 Å². The first-order chi connectivity index (χ1) is 10.2. The van der Waals surface area contributed by atoms with Crippen molar-refractivity contribution in [1.82, 2.24) is 9.88 Å². The summed E-state index contributed by atoms with van der Waals surface area (Å²) in [7, 11) is 0. The number of rotatable bonds is 4. The minimum Gasteiger partial charge on any atom is -0.440 e. The first kappa shape index (κ1) is 15.0. The van der Waals surface area contributed by atoms with Gasteiger partial charge in [0.15, 0.2) is 11.5 Å². The zero-order valence-corrected chi connectivity index (χ0v) is 14.4. The van der Waals surface area contributed by atoms with Gasteiger partial charge in [-0.1, -0.05) is 29.8 Å². The van der Waals surface area contributed by atoms with Gasteiger partial charge in [0.1, 0.15) is 5.52 Å². The van der Waals surface area contributed by atoms with E-state index < -0.39 is 0 Å². The quantitative estimate of drug-likeness (QED) is 0.780. The molecule has 3 rings (SSSR count). The third-order valence-corrected chi connectivity index (χ3v) is 5.23. The van der Waals surface area contributed by atoms with E-state index in [1.54, 1.807) is 0 Å². The summed E-state index contributed by atoms with van der Waals surface area (Å²) in [5.41, 5.74) is 1.87. The van der Waals surface area contributed by atoms with E-state index in [-0.39, 0.29) is 0 Å². The Labute approximate surface area is 134 Å². The van der Waals surface area contributed by atoms with Gasteiger partial charge in [-0.15, -0.1) is 0 Å². The van der Waals surface area contributed by atoms with Gasteiger partial charge in [-0.2, -0.15) is 0 Å². The molecule has 4 heteroatoms. The molecule has 0 amide bonds. The molecule has 1 aromatic carbocycles. The summed E-state index contributed by atoms with van der Waals surface area (Å²) in [5.74, 6) is 1.42. The Morgan fingerprint density at radius 2 is 1.90 bits per heavy atom. The van der Waals surface area contributed by atoms with Crippen LogP contribution in [0.3, 0.4) is 0 Å². The highest BCUT2D eigenvalue weighted by molar-refractivity contribution is 9.10. The molecule has 1 aromatic heterocycles. The summed E-state index contributed by atoms with van der Waals surface area (Å²) in [4.78, 5) is 7.28. The SMILES string of the molecule is CCN(CC)C1CCC(c2nc3cc(Br)ccc3o2)CC1. The zero-order chi connectivity index (χ0) is 14.8. The van der Waals surface area contributed by atoms with E-state index >= 15 is 0 Å². The fraction of sp³-hybridized carbons (Fsp3) is 0.588. The largest absolute Gasteiger partial charge is 0.440 e. The molecular formula is C17H23BrN2O. The summed E-state index contributed by atoms with van der Waals surface area (Å²) in [6.45, 7) is 6.83. The summed E-state index contributed by atoms with van der Waals surface area (Å²) < 4.78 is 7.02. The van der Waals surface area contributed by atoms with E-state index in [1.807, 2.05) is 18.2 Å². The van der Waals surface area contributed by atoms with Gasteiger partial charge in [0.05, 0.1) is 0 Å². The molecule has 0 atom stereocenters. The molecule has 0 saturated heterocycles. The van der Waals surface area contributed by atoms with Crippen LogP contribution >= 0.6 is 15.9 Å². The number of benzene rings is 1. The van der Waals surface area contributed by atoms with Crippen LogP contribution in [0, 0.1) is 0 Å². The maximum Gasteiger partial charge on any atom is 0.198 e. The number of aromatic nitrogens is 1. The zero-order valence-electron chi connectivity index (χ0n) is 12.8. The number of fused-ring (bicyclic) bond motifs is 1. The van der Waals surface area contributed by atoms with Crippen molar-refractivity contribution in [3.05, 3.63) is 28.6 Å². The molecular weight excluding hydrogens is 328 g/mol. The second-order valence-electron chi connectivity index (χ2n) is 5.89. The molecule has 0 radical (unpaired) electrons. The highest BCUT2D eigenvalue weighted by Gasteiger charge is 2.28. The smallest absolute Gasteiger partial charge is 0.198 e. The van der Waals surface area contributed by atoms with Crippen LogP contribution in [-0.2, 0) is 0 Å². The average Bonchev–Trinajstić information content (AvgIpc) is 2.92. The Kier molecular flexibility index (Phi) is 4.65. The van der Waals surface area contributed by atoms with E-state index in [2.05, 4.69) is 34.7 Å². The third kappa shape index (κ3) is 3.16. The number of oxazole rings is 1. The molecule has 2 aromatic rings. The summed E-state index contributed by atoms with van der Waals surface area (Å²) >= 11 is 3.49. The summed E-state index contributed by atoms with van der Waals surface area (Å²) in [6, 6.07) is 6.78. The van der Waals surface area contributed by atoms with Crippen LogP contribution in [0.5, 0.6) is 0 Å². The highest BCUT2D eigenvalue weighted by atomic mass is 79.9. The molecule has 0 bridgehead atoms. The van der Waals surface area contributed by atoms with Gasteiger partial charge in [0.25, 0.3) is 0 Å². The van der Waals surface area contributed by atoms with Gasteiger partial charge in [0.2, 0.25) is 0 Å². The van der Waals surface area contributed by atoms with Gasteiger partial charge in [0, 0.05) is 16.4 Å². The van der Waals surface area contributed by atoms with Gasteiger partial charge in [-0.05, 0) is 57.0 Å². The van der Waals surface area contributed by atoms with Crippen molar-refractivity contribution in [3.8, 4) is 0 Å². The maximum absolute atomic E-state index is 5.97. The highest BCUT2D eigenvalue weighted by Crippen LogP contribution is 2.35. The fourth-order valence-corrected chi connectivity index (χ4v) is 3.87. The Morgan fingerprint density at radius 1 is 1.19 bits per heavy atom. The van der Waals surface area contributed by atoms with E-state index in [0.29, 0.717) is 5.92 Å². The van der Waals surface area contributed by atoms with E-state index in [0.717, 1.165) is 40.6 Å². The van der Waals surface area contributed by atoms with E-state index in [9.17, 15) is 0 Å². The van der Waals surface area contributed by atoms with E-state index in [4.69, 9.17) is 9.40 Å². The lowest BCUT2D eigenvalue weighted by Crippen LogP contribution is -2.37. The van der Waals surface area contributed by atoms with Crippen molar-refractivity contribution < 1.29 is 4.42 Å². The van der Waals surface area contributed by atoms with Crippen LogP contribution in [0.2, 0.25) is 0 Å². The van der Waals surface area contributed by atoms with Crippen LogP contribution in [0.25, 0.3) is 11.1 Å². The van der Waals surface area contributed by atoms with Crippen LogP contribution in [-0.4, -0.2) is 29.0 Å². The Balaban J connectivity index is 1.70. The van der Waals surface area contributed by atoms with Crippen molar-refractivity contribution in [2.45, 2.75) is 51.5 Å². The van der Waals surface area contributed by atoms with Crippen molar-refractivity contribution in [2.24, 2.45) is 0 Å². The lowest BCUT2D eigenvalue weighted by Gasteiger charge is -2.34. The molecule has 1 fully saturated rings. The molecule has 1 aliphatic rings. The average molecular weight is 351 g/mol. The Hall–Kier alpha value is -0.870. The van der Waals surface area contributed by atoms with Gasteiger partial charge in [-0.25, -0.2) is 4.98 Å². The number of nitrogens with zero attached hydrogens (tertiary/aromatic N) is 2. The first-order valence-electron chi connectivity index (χ1n) is 8.01. The molecule has 114 valence electrons. The fourth-order valence-electron chi connectivity index (χ4n) is 3.52. The molecule has 1 heterocycles. The maximum atomic E-state index is 5.97. The van der Waals surface area contributed by atoms with Crippen LogP contribution in [0.15, 0.2) is 27.1 Å². The Bertz CT molecular complexity index is 598. The van der Waals surface area contributed by atoms with Gasteiger partial charge < -0.3 is 9.32 Å². The van der Waals surface area contributed by atoms with Crippen LogP contribution in [0.4, 0.5) is 0 Å². The lowest BCUT2D eigenvalue weighted by atomic mass is 9.85. The van der Waals surface area contributed by atoms with Gasteiger partial charge >= 0.3 is 0 Å². The lowest BCUT2D eigenvalue weighted by molar-refractivity contribution is 0.159. The standard InChI is InChI=1S/C17H23BrN2O/c1-3-20(4-2)14-8-5-12(6-9-14)17-19-15-11-13(18)7-10-16(15)21-17/h7,10-12,14H,3-6,8-9H2,1-2H3. The minimum atomic E-state index is 0.489. The molecule has 1 aliphatic carbocycles. The monoisotopic (exact) mass is 350 g/mol. The topological polar surface area (TPSA) is 29.3 Å². The molecule has 1 saturated carbocycles. The predicted octanol–water partition coefficient (Wildman–Crippen LogP) is 4.96. The second kappa shape index (κ2) is 6.49. The molecule has 0 unspecified atom stereocenters. The summed E-state index contributed by atoms with van der Waals surface area (Å²) in [5, 5.41) is 0. The molecule has 3 nitrogen and oxygen atoms in total. The van der Waals surface area contributed by atoms with E-state index in [1.165, 1.54) is 25.7 Å². The Morgan fingerprint density at radius 3 is 2.57 bits per heavy atom. The number of halogens is 1. The van der Waals surface area contributed by atoms with Crippen molar-refractivity contribution in [3.63, 3.8) is 0 Å². The number of hydrogen-bond acceptors (Lipinski definition) is 3. The second-order valence-corrected chi connectivity index (χ2v) is 6.81. The molecule has 0 N–H and O–H groups in total. The predicted molar refractivity (Wildman–Crippen MR) is 89.6 cm³/mol. The minimum absolute atomic E-state index is 0.489. The van der Waals surface area contributed by atoms with Crippen LogP contribution in [0.1, 0.15) is 51.3 Å². The molecule has 0 aliphatic heterocycles. The molecule has 21 heavy (non-hydrogen) atoms. The molecule has 0 spiro atoms. The van der Waals surface area contributed by atoms with Gasteiger partial charge in [-0.3, -0.25) is 0 Å². The van der Waals surface area contributed by atoms with Crippen molar-refractivity contribution >= 4 is 27.0 Å². The van der Waals surface area contributed by atoms with Crippen molar-refractivity contribution in [1.29, 1.82) is 0 Å². The van der Waals surface area contributed by atoms with Crippen molar-refractivity contribution in [2.75, 3.05) is 13.1 Å². The summed E-state index contributed by atoms with van der Waals surface area (Å²) in [6.07, 6.45) is 4.90. The third-order valence-electron chi connectivity index (χ3n) is 4.74. The first-order valence-corrected chi connectivity index (χ1v) is 8.80.